The first-order valence-electron chi connectivity index (χ1n) is 4.86. The quantitative estimate of drug-likeness (QED) is 0.714. The molecule has 13 heavy (non-hydrogen) atoms. The van der Waals surface area contributed by atoms with Gasteiger partial charge >= 0.3 is 0 Å². The van der Waals surface area contributed by atoms with E-state index in [0.717, 1.165) is 17.2 Å². The molecule has 0 saturated heterocycles. The summed E-state index contributed by atoms with van der Waals surface area (Å²) in [5.41, 5.74) is 7.68. The predicted octanol–water partition coefficient (Wildman–Crippen LogP) is 2.02. The van der Waals surface area contributed by atoms with Gasteiger partial charge in [-0.1, -0.05) is 12.8 Å². The Morgan fingerprint density at radius 2 is 2.08 bits per heavy atom. The van der Waals surface area contributed by atoms with Gasteiger partial charge in [-0.3, -0.25) is 0 Å². The summed E-state index contributed by atoms with van der Waals surface area (Å²) in [5, 5.41) is 0. The first-order chi connectivity index (χ1) is 6.27. The Labute approximate surface area is 78.4 Å². The zero-order valence-electron chi connectivity index (χ0n) is 7.95. The van der Waals surface area contributed by atoms with Crippen LogP contribution in [0.2, 0.25) is 0 Å². The summed E-state index contributed by atoms with van der Waals surface area (Å²) in [6, 6.07) is 0. The van der Waals surface area contributed by atoms with Gasteiger partial charge in [-0.05, 0) is 19.8 Å². The van der Waals surface area contributed by atoms with Crippen LogP contribution in [0.1, 0.15) is 43.1 Å². The fourth-order valence-electron chi connectivity index (χ4n) is 2.02. The average Bonchev–Trinajstić information content (AvgIpc) is 2.61. The number of hydrogen-bond acceptors (Lipinski definition) is 3. The SMILES string of the molecule is Cc1ncc(N)c(C2CCCC2)n1. The van der Waals surface area contributed by atoms with Gasteiger partial charge < -0.3 is 5.73 Å². The van der Waals surface area contributed by atoms with E-state index in [1.54, 1.807) is 6.20 Å². The highest BCUT2D eigenvalue weighted by Gasteiger charge is 2.20. The number of hydrogen-bond donors (Lipinski definition) is 1. The van der Waals surface area contributed by atoms with E-state index in [2.05, 4.69) is 9.97 Å². The van der Waals surface area contributed by atoms with Crippen molar-refractivity contribution in [3.63, 3.8) is 0 Å². The Hall–Kier alpha value is -1.12. The summed E-state index contributed by atoms with van der Waals surface area (Å²) >= 11 is 0. The third-order valence-corrected chi connectivity index (χ3v) is 2.71. The van der Waals surface area contributed by atoms with Gasteiger partial charge in [0.05, 0.1) is 17.6 Å². The molecule has 0 bridgehead atoms. The van der Waals surface area contributed by atoms with Crippen LogP contribution in [0.3, 0.4) is 0 Å². The molecule has 1 aliphatic rings. The Bertz CT molecular complexity index is 303. The fraction of sp³-hybridized carbons (Fsp3) is 0.600. The van der Waals surface area contributed by atoms with Crippen LogP contribution in [-0.2, 0) is 0 Å². The normalized spacial score (nSPS) is 17.9. The highest BCUT2D eigenvalue weighted by Crippen LogP contribution is 2.35. The molecule has 1 aliphatic carbocycles. The van der Waals surface area contributed by atoms with Crippen molar-refractivity contribution < 1.29 is 0 Å². The van der Waals surface area contributed by atoms with E-state index in [-0.39, 0.29) is 0 Å². The number of nitrogens with zero attached hydrogens (tertiary/aromatic N) is 2. The molecule has 0 spiro atoms. The van der Waals surface area contributed by atoms with Gasteiger partial charge in [0.15, 0.2) is 0 Å². The van der Waals surface area contributed by atoms with Crippen molar-refractivity contribution >= 4 is 5.69 Å². The van der Waals surface area contributed by atoms with E-state index in [9.17, 15) is 0 Å². The van der Waals surface area contributed by atoms with E-state index in [1.165, 1.54) is 25.7 Å². The Morgan fingerprint density at radius 1 is 1.38 bits per heavy atom. The van der Waals surface area contributed by atoms with Crippen molar-refractivity contribution in [1.29, 1.82) is 0 Å². The van der Waals surface area contributed by atoms with E-state index >= 15 is 0 Å². The van der Waals surface area contributed by atoms with Crippen molar-refractivity contribution in [2.24, 2.45) is 0 Å². The molecule has 0 unspecified atom stereocenters. The van der Waals surface area contributed by atoms with E-state index in [4.69, 9.17) is 5.73 Å². The Morgan fingerprint density at radius 3 is 2.77 bits per heavy atom. The number of aryl methyl sites for hydroxylation is 1. The molecule has 1 heterocycles. The smallest absolute Gasteiger partial charge is 0.125 e. The lowest BCUT2D eigenvalue weighted by atomic mass is 10.0. The lowest BCUT2D eigenvalue weighted by Gasteiger charge is -2.10. The lowest BCUT2D eigenvalue weighted by Crippen LogP contribution is -2.05. The largest absolute Gasteiger partial charge is 0.396 e. The molecule has 2 N–H and O–H groups in total. The van der Waals surface area contributed by atoms with Crippen LogP contribution in [0.25, 0.3) is 0 Å². The maximum atomic E-state index is 5.84. The zero-order chi connectivity index (χ0) is 9.26. The molecule has 0 aromatic carbocycles. The first kappa shape index (κ1) is 8.48. The number of nitrogens with two attached hydrogens (primary N) is 1. The van der Waals surface area contributed by atoms with Gasteiger partial charge in [0, 0.05) is 5.92 Å². The molecule has 0 aliphatic heterocycles. The maximum absolute atomic E-state index is 5.84. The average molecular weight is 177 g/mol. The van der Waals surface area contributed by atoms with Gasteiger partial charge in [-0.15, -0.1) is 0 Å². The molecule has 2 rings (SSSR count). The summed E-state index contributed by atoms with van der Waals surface area (Å²) in [4.78, 5) is 8.49. The van der Waals surface area contributed by atoms with Crippen LogP contribution < -0.4 is 5.73 Å². The molecule has 0 atom stereocenters. The van der Waals surface area contributed by atoms with E-state index in [1.807, 2.05) is 6.92 Å². The molecule has 1 aromatic heterocycles. The second kappa shape index (κ2) is 3.32. The second-order valence-electron chi connectivity index (χ2n) is 3.74. The minimum atomic E-state index is 0.585. The van der Waals surface area contributed by atoms with Gasteiger partial charge in [0.2, 0.25) is 0 Å². The van der Waals surface area contributed by atoms with Gasteiger partial charge in [0.1, 0.15) is 5.82 Å². The highest BCUT2D eigenvalue weighted by atomic mass is 14.9. The Balaban J connectivity index is 2.32. The summed E-state index contributed by atoms with van der Waals surface area (Å²) in [6.45, 7) is 1.91. The molecule has 3 nitrogen and oxygen atoms in total. The molecule has 1 aromatic rings. The number of aromatic nitrogens is 2. The lowest BCUT2D eigenvalue weighted by molar-refractivity contribution is 0.692. The number of anilines is 1. The highest BCUT2D eigenvalue weighted by molar-refractivity contribution is 5.42. The maximum Gasteiger partial charge on any atom is 0.125 e. The molecular formula is C10H15N3. The van der Waals surface area contributed by atoms with Crippen molar-refractivity contribution in [2.45, 2.75) is 38.5 Å². The first-order valence-corrected chi connectivity index (χ1v) is 4.86. The summed E-state index contributed by atoms with van der Waals surface area (Å²) in [5.74, 6) is 1.41. The zero-order valence-corrected chi connectivity index (χ0v) is 7.95. The third-order valence-electron chi connectivity index (χ3n) is 2.71. The third kappa shape index (κ3) is 1.64. The monoisotopic (exact) mass is 177 g/mol. The van der Waals surface area contributed by atoms with Crippen LogP contribution in [0.5, 0.6) is 0 Å². The van der Waals surface area contributed by atoms with Gasteiger partial charge in [-0.25, -0.2) is 9.97 Å². The standard InChI is InChI=1S/C10H15N3/c1-7-12-6-9(11)10(13-7)8-4-2-3-5-8/h6,8H,2-5,11H2,1H3. The van der Waals surface area contributed by atoms with Crippen molar-refractivity contribution in [3.05, 3.63) is 17.7 Å². The van der Waals surface area contributed by atoms with Crippen LogP contribution in [0.4, 0.5) is 5.69 Å². The number of nitrogen functional groups attached to an aromatic ring is 1. The minimum Gasteiger partial charge on any atom is -0.396 e. The van der Waals surface area contributed by atoms with Crippen molar-refractivity contribution in [1.82, 2.24) is 9.97 Å². The predicted molar refractivity (Wildman–Crippen MR) is 52.4 cm³/mol. The second-order valence-corrected chi connectivity index (χ2v) is 3.74. The Kier molecular flexibility index (Phi) is 2.17. The molecule has 3 heteroatoms. The van der Waals surface area contributed by atoms with Crippen LogP contribution in [0, 0.1) is 6.92 Å². The van der Waals surface area contributed by atoms with Gasteiger partial charge in [0.25, 0.3) is 0 Å². The molecular weight excluding hydrogens is 162 g/mol. The van der Waals surface area contributed by atoms with E-state index in [0.29, 0.717) is 5.92 Å². The van der Waals surface area contributed by atoms with Gasteiger partial charge in [-0.2, -0.15) is 0 Å². The van der Waals surface area contributed by atoms with Crippen molar-refractivity contribution in [3.8, 4) is 0 Å². The topological polar surface area (TPSA) is 51.8 Å². The number of rotatable bonds is 1. The van der Waals surface area contributed by atoms with Crippen LogP contribution >= 0.6 is 0 Å². The van der Waals surface area contributed by atoms with E-state index < -0.39 is 0 Å². The summed E-state index contributed by atoms with van der Waals surface area (Å²) in [6.07, 6.45) is 6.83. The molecule has 0 amide bonds. The fourth-order valence-corrected chi connectivity index (χ4v) is 2.02. The molecule has 1 saturated carbocycles. The van der Waals surface area contributed by atoms with Crippen molar-refractivity contribution in [2.75, 3.05) is 5.73 Å². The minimum absolute atomic E-state index is 0.585. The summed E-state index contributed by atoms with van der Waals surface area (Å²) in [7, 11) is 0. The molecule has 1 fully saturated rings. The summed E-state index contributed by atoms with van der Waals surface area (Å²) < 4.78 is 0. The van der Waals surface area contributed by atoms with Crippen LogP contribution in [-0.4, -0.2) is 9.97 Å². The molecule has 70 valence electrons. The molecule has 0 radical (unpaired) electrons. The van der Waals surface area contributed by atoms with Crippen LogP contribution in [0.15, 0.2) is 6.20 Å².